The minimum absolute atomic E-state index is 0.659. The maximum Gasteiger partial charge on any atom is 0.119 e. The fraction of sp³-hybridized carbons (Fsp3) is 0.625. The van der Waals surface area contributed by atoms with E-state index in [9.17, 15) is 0 Å². The van der Waals surface area contributed by atoms with E-state index in [-0.39, 0.29) is 0 Å². The highest BCUT2D eigenvalue weighted by atomic mass is 16.5. The molecule has 100 valence electrons. The van der Waals surface area contributed by atoms with Crippen LogP contribution in [0.4, 0.5) is 0 Å². The zero-order valence-electron chi connectivity index (χ0n) is 11.4. The van der Waals surface area contributed by atoms with E-state index in [0.717, 1.165) is 31.2 Å². The van der Waals surface area contributed by atoms with Crippen molar-refractivity contribution in [1.29, 1.82) is 0 Å². The van der Waals surface area contributed by atoms with Crippen LogP contribution in [0.1, 0.15) is 39.0 Å². The van der Waals surface area contributed by atoms with Gasteiger partial charge in [0.2, 0.25) is 0 Å². The molecule has 1 N–H and O–H groups in total. The van der Waals surface area contributed by atoms with E-state index in [1.54, 1.807) is 0 Å². The van der Waals surface area contributed by atoms with Crippen molar-refractivity contribution in [2.24, 2.45) is 5.92 Å². The van der Waals surface area contributed by atoms with Crippen molar-refractivity contribution < 1.29 is 4.74 Å². The van der Waals surface area contributed by atoms with Crippen molar-refractivity contribution in [1.82, 2.24) is 5.32 Å². The first kappa shape index (κ1) is 13.4. The zero-order chi connectivity index (χ0) is 12.6. The molecule has 0 radical (unpaired) electrons. The van der Waals surface area contributed by atoms with Gasteiger partial charge in [0.25, 0.3) is 0 Å². The average Bonchev–Trinajstić information content (AvgIpc) is 2.35. The Kier molecular flexibility index (Phi) is 5.53. The quantitative estimate of drug-likeness (QED) is 0.708. The van der Waals surface area contributed by atoms with Crippen molar-refractivity contribution in [3.63, 3.8) is 0 Å². The molecular weight excluding hydrogens is 222 g/mol. The van der Waals surface area contributed by atoms with E-state index in [0.29, 0.717) is 6.04 Å². The Labute approximate surface area is 111 Å². The van der Waals surface area contributed by atoms with E-state index in [2.05, 4.69) is 12.2 Å². The summed E-state index contributed by atoms with van der Waals surface area (Å²) < 4.78 is 5.66. The molecule has 0 heterocycles. The molecule has 0 bridgehead atoms. The number of hydrogen-bond acceptors (Lipinski definition) is 2. The van der Waals surface area contributed by atoms with Crippen LogP contribution in [-0.4, -0.2) is 19.2 Å². The van der Waals surface area contributed by atoms with E-state index in [1.165, 1.54) is 25.7 Å². The van der Waals surface area contributed by atoms with Gasteiger partial charge in [0.1, 0.15) is 5.75 Å². The second-order valence-electron chi connectivity index (χ2n) is 5.40. The SMILES string of the molecule is CC(CC1CCC1)NCCCOc1ccccc1. The highest BCUT2D eigenvalue weighted by Gasteiger charge is 2.19. The summed E-state index contributed by atoms with van der Waals surface area (Å²) >= 11 is 0. The number of ether oxygens (including phenoxy) is 1. The molecule has 1 aliphatic carbocycles. The predicted octanol–water partition coefficient (Wildman–Crippen LogP) is 3.62. The van der Waals surface area contributed by atoms with Crippen LogP contribution in [0.15, 0.2) is 30.3 Å². The summed E-state index contributed by atoms with van der Waals surface area (Å²) in [7, 11) is 0. The molecule has 1 unspecified atom stereocenters. The summed E-state index contributed by atoms with van der Waals surface area (Å²) in [5.41, 5.74) is 0. The van der Waals surface area contributed by atoms with Gasteiger partial charge in [-0.15, -0.1) is 0 Å². The summed E-state index contributed by atoms with van der Waals surface area (Å²) in [5.74, 6) is 1.97. The molecule has 18 heavy (non-hydrogen) atoms. The standard InChI is InChI=1S/C16H25NO/c1-14(13-15-7-5-8-15)17-11-6-12-18-16-9-3-2-4-10-16/h2-4,9-10,14-15,17H,5-8,11-13H2,1H3. The lowest BCUT2D eigenvalue weighted by atomic mass is 9.81. The molecule has 1 fully saturated rings. The third-order valence-electron chi connectivity index (χ3n) is 3.74. The van der Waals surface area contributed by atoms with Gasteiger partial charge in [0, 0.05) is 6.04 Å². The Balaban J connectivity index is 1.48. The number of para-hydroxylation sites is 1. The largest absolute Gasteiger partial charge is 0.494 e. The zero-order valence-corrected chi connectivity index (χ0v) is 11.4. The van der Waals surface area contributed by atoms with Gasteiger partial charge in [-0.05, 0) is 44.4 Å². The number of benzene rings is 1. The number of hydrogen-bond donors (Lipinski definition) is 1. The van der Waals surface area contributed by atoms with Gasteiger partial charge < -0.3 is 10.1 Å². The van der Waals surface area contributed by atoms with Crippen LogP contribution in [0.3, 0.4) is 0 Å². The lowest BCUT2D eigenvalue weighted by Gasteiger charge is -2.28. The van der Waals surface area contributed by atoms with Crippen LogP contribution in [0, 0.1) is 5.92 Å². The normalized spacial score (nSPS) is 17.2. The molecule has 2 heteroatoms. The molecule has 2 nitrogen and oxygen atoms in total. The van der Waals surface area contributed by atoms with Gasteiger partial charge in [-0.2, -0.15) is 0 Å². The van der Waals surface area contributed by atoms with Crippen LogP contribution in [0.25, 0.3) is 0 Å². The lowest BCUT2D eigenvalue weighted by Crippen LogP contribution is -2.31. The first-order valence-electron chi connectivity index (χ1n) is 7.26. The Morgan fingerprint density at radius 3 is 2.72 bits per heavy atom. The van der Waals surface area contributed by atoms with Crippen LogP contribution in [0.5, 0.6) is 5.75 Å². The van der Waals surface area contributed by atoms with Crippen LogP contribution in [0.2, 0.25) is 0 Å². The molecule has 2 rings (SSSR count). The van der Waals surface area contributed by atoms with Crippen molar-refractivity contribution in [3.05, 3.63) is 30.3 Å². The third kappa shape index (κ3) is 4.69. The Morgan fingerprint density at radius 2 is 2.06 bits per heavy atom. The van der Waals surface area contributed by atoms with Gasteiger partial charge in [-0.25, -0.2) is 0 Å². The monoisotopic (exact) mass is 247 g/mol. The molecule has 0 aromatic heterocycles. The first-order valence-corrected chi connectivity index (χ1v) is 7.26. The fourth-order valence-corrected chi connectivity index (χ4v) is 2.44. The van der Waals surface area contributed by atoms with Crippen LogP contribution in [-0.2, 0) is 0 Å². The first-order chi connectivity index (χ1) is 8.84. The fourth-order valence-electron chi connectivity index (χ4n) is 2.44. The Morgan fingerprint density at radius 1 is 1.28 bits per heavy atom. The van der Waals surface area contributed by atoms with Gasteiger partial charge in [0.15, 0.2) is 0 Å². The summed E-state index contributed by atoms with van der Waals surface area (Å²) in [6.07, 6.45) is 6.76. The van der Waals surface area contributed by atoms with Gasteiger partial charge >= 0.3 is 0 Å². The second kappa shape index (κ2) is 7.42. The molecule has 1 aromatic carbocycles. The maximum absolute atomic E-state index is 5.66. The summed E-state index contributed by atoms with van der Waals surface area (Å²) in [6, 6.07) is 10.7. The van der Waals surface area contributed by atoms with Gasteiger partial charge in [-0.1, -0.05) is 37.5 Å². The average molecular weight is 247 g/mol. The minimum Gasteiger partial charge on any atom is -0.494 e. The molecule has 0 aliphatic heterocycles. The van der Waals surface area contributed by atoms with E-state index >= 15 is 0 Å². The van der Waals surface area contributed by atoms with Crippen molar-refractivity contribution in [3.8, 4) is 5.75 Å². The van der Waals surface area contributed by atoms with Crippen molar-refractivity contribution in [2.75, 3.05) is 13.2 Å². The summed E-state index contributed by atoms with van der Waals surface area (Å²) in [4.78, 5) is 0. The molecular formula is C16H25NO. The third-order valence-corrected chi connectivity index (χ3v) is 3.74. The number of nitrogens with one attached hydrogen (secondary N) is 1. The highest BCUT2D eigenvalue weighted by molar-refractivity contribution is 5.20. The van der Waals surface area contributed by atoms with Crippen LogP contribution < -0.4 is 10.1 Å². The van der Waals surface area contributed by atoms with Crippen molar-refractivity contribution >= 4 is 0 Å². The minimum atomic E-state index is 0.659. The molecule has 1 aromatic rings. The smallest absolute Gasteiger partial charge is 0.119 e. The lowest BCUT2D eigenvalue weighted by molar-refractivity contribution is 0.260. The topological polar surface area (TPSA) is 21.3 Å². The Bertz CT molecular complexity index is 321. The van der Waals surface area contributed by atoms with Crippen molar-refractivity contribution in [2.45, 2.75) is 45.1 Å². The van der Waals surface area contributed by atoms with E-state index < -0.39 is 0 Å². The highest BCUT2D eigenvalue weighted by Crippen LogP contribution is 2.30. The molecule has 1 saturated carbocycles. The predicted molar refractivity (Wildman–Crippen MR) is 76.0 cm³/mol. The molecule has 0 spiro atoms. The van der Waals surface area contributed by atoms with E-state index in [4.69, 9.17) is 4.74 Å². The molecule has 1 aliphatic rings. The molecule has 0 saturated heterocycles. The summed E-state index contributed by atoms with van der Waals surface area (Å²) in [6.45, 7) is 4.16. The second-order valence-corrected chi connectivity index (χ2v) is 5.40. The molecule has 0 amide bonds. The van der Waals surface area contributed by atoms with Gasteiger partial charge in [-0.3, -0.25) is 0 Å². The number of rotatable bonds is 8. The Hall–Kier alpha value is -1.02. The summed E-state index contributed by atoms with van der Waals surface area (Å²) in [5, 5.41) is 3.59. The van der Waals surface area contributed by atoms with E-state index in [1.807, 2.05) is 30.3 Å². The molecule has 1 atom stereocenters. The van der Waals surface area contributed by atoms with Gasteiger partial charge in [0.05, 0.1) is 6.61 Å². The van der Waals surface area contributed by atoms with Crippen LogP contribution >= 0.6 is 0 Å². The maximum atomic E-state index is 5.66.